The quantitative estimate of drug-likeness (QED) is 0.860. The molecule has 0 saturated carbocycles. The van der Waals surface area contributed by atoms with Gasteiger partial charge in [0, 0.05) is 18.5 Å². The predicted molar refractivity (Wildman–Crippen MR) is 83.5 cm³/mol. The molecule has 1 saturated heterocycles. The van der Waals surface area contributed by atoms with Gasteiger partial charge in [0.25, 0.3) is 0 Å². The van der Waals surface area contributed by atoms with Gasteiger partial charge in [-0.15, -0.1) is 0 Å². The molecule has 0 radical (unpaired) electrons. The minimum atomic E-state index is -4.44. The van der Waals surface area contributed by atoms with Crippen LogP contribution in [-0.2, 0) is 0 Å². The van der Waals surface area contributed by atoms with E-state index in [0.29, 0.717) is 23.7 Å². The second kappa shape index (κ2) is 6.45. The van der Waals surface area contributed by atoms with Crippen LogP contribution in [0, 0.1) is 0 Å². The number of aliphatic hydroxyl groups excluding tert-OH is 1. The minimum Gasteiger partial charge on any atom is -0.417 e. The number of piperidine rings is 1. The highest BCUT2D eigenvalue weighted by atomic mass is 32.2. The lowest BCUT2D eigenvalue weighted by Gasteiger charge is -2.31. The Balaban J connectivity index is 1.80. The number of anilines is 1. The van der Waals surface area contributed by atoms with Gasteiger partial charge >= 0.3 is 5.51 Å². The summed E-state index contributed by atoms with van der Waals surface area (Å²) in [6, 6.07) is 6.52. The Kier molecular flexibility index (Phi) is 4.54. The van der Waals surface area contributed by atoms with E-state index in [2.05, 4.69) is 9.88 Å². The lowest BCUT2D eigenvalue weighted by Crippen LogP contribution is -2.35. The largest absolute Gasteiger partial charge is 0.479 e. The van der Waals surface area contributed by atoms with Gasteiger partial charge in [-0.3, -0.25) is 4.98 Å². The van der Waals surface area contributed by atoms with Gasteiger partial charge in [-0.1, -0.05) is 0 Å². The van der Waals surface area contributed by atoms with Crippen LogP contribution in [0.5, 0.6) is 5.75 Å². The Morgan fingerprint density at radius 1 is 1.22 bits per heavy atom. The maximum atomic E-state index is 12.2. The number of halogens is 3. The summed E-state index contributed by atoms with van der Waals surface area (Å²) in [5.74, 6) is 0.132. The Bertz CT molecular complexity index is 688. The normalized spacial score (nSPS) is 16.8. The standard InChI is InChI=1S/C15H15F3N2O2S/c16-15(17,18)23-22-13-1-2-14-10(8-13)7-11(9-19-14)20-5-3-12(21)4-6-20/h1-2,7-9,12,21H,3-6H2. The number of aliphatic hydroxyl groups is 1. The van der Waals surface area contributed by atoms with Crippen LogP contribution < -0.4 is 9.08 Å². The monoisotopic (exact) mass is 344 g/mol. The summed E-state index contributed by atoms with van der Waals surface area (Å²) < 4.78 is 41.3. The Morgan fingerprint density at radius 2 is 1.96 bits per heavy atom. The first-order valence-corrected chi connectivity index (χ1v) is 7.90. The van der Waals surface area contributed by atoms with Crippen molar-refractivity contribution in [3.05, 3.63) is 30.5 Å². The fourth-order valence-corrected chi connectivity index (χ4v) is 2.84. The molecule has 3 rings (SSSR count). The number of nitrogens with zero attached hydrogens (tertiary/aromatic N) is 2. The van der Waals surface area contributed by atoms with Crippen LogP contribution in [-0.4, -0.2) is 34.8 Å². The first kappa shape index (κ1) is 16.2. The molecule has 2 heterocycles. The molecule has 0 unspecified atom stereocenters. The topological polar surface area (TPSA) is 45.6 Å². The molecule has 124 valence electrons. The molecule has 23 heavy (non-hydrogen) atoms. The molecular weight excluding hydrogens is 329 g/mol. The minimum absolute atomic E-state index is 0.132. The third kappa shape index (κ3) is 4.20. The molecule has 0 bridgehead atoms. The number of hydrogen-bond donors (Lipinski definition) is 1. The van der Waals surface area contributed by atoms with Gasteiger partial charge in [0.2, 0.25) is 0 Å². The average Bonchev–Trinajstić information content (AvgIpc) is 2.52. The molecule has 4 nitrogen and oxygen atoms in total. The summed E-state index contributed by atoms with van der Waals surface area (Å²) in [4.78, 5) is 6.44. The predicted octanol–water partition coefficient (Wildman–Crippen LogP) is 3.74. The van der Waals surface area contributed by atoms with E-state index in [1.807, 2.05) is 6.07 Å². The van der Waals surface area contributed by atoms with E-state index in [-0.39, 0.29) is 11.9 Å². The third-order valence-electron chi connectivity index (χ3n) is 3.70. The number of aromatic nitrogens is 1. The zero-order chi connectivity index (χ0) is 16.4. The number of fused-ring (bicyclic) bond motifs is 1. The van der Waals surface area contributed by atoms with Gasteiger partial charge in [-0.2, -0.15) is 13.2 Å². The number of benzene rings is 1. The van der Waals surface area contributed by atoms with Gasteiger partial charge < -0.3 is 14.2 Å². The van der Waals surface area contributed by atoms with E-state index in [1.54, 1.807) is 18.3 Å². The molecule has 0 atom stereocenters. The highest BCUT2D eigenvalue weighted by Crippen LogP contribution is 2.34. The zero-order valence-corrected chi connectivity index (χ0v) is 12.9. The molecule has 1 aliphatic heterocycles. The van der Waals surface area contributed by atoms with Crippen LogP contribution in [0.4, 0.5) is 18.9 Å². The summed E-state index contributed by atoms with van der Waals surface area (Å²) >= 11 is -0.531. The molecule has 0 spiro atoms. The lowest BCUT2D eigenvalue weighted by atomic mass is 10.1. The van der Waals surface area contributed by atoms with Crippen molar-refractivity contribution in [1.29, 1.82) is 0 Å². The van der Waals surface area contributed by atoms with Crippen molar-refractivity contribution < 1.29 is 22.5 Å². The van der Waals surface area contributed by atoms with E-state index < -0.39 is 17.6 Å². The highest BCUT2D eigenvalue weighted by molar-refractivity contribution is 7.95. The van der Waals surface area contributed by atoms with Crippen LogP contribution in [0.1, 0.15) is 12.8 Å². The Morgan fingerprint density at radius 3 is 2.65 bits per heavy atom. The molecule has 1 aromatic heterocycles. The van der Waals surface area contributed by atoms with Crippen molar-refractivity contribution in [3.63, 3.8) is 0 Å². The van der Waals surface area contributed by atoms with E-state index in [4.69, 9.17) is 4.18 Å². The molecule has 2 aromatic rings. The molecule has 1 fully saturated rings. The van der Waals surface area contributed by atoms with E-state index in [0.717, 1.165) is 18.8 Å². The molecule has 1 aromatic carbocycles. The van der Waals surface area contributed by atoms with Crippen LogP contribution in [0.2, 0.25) is 0 Å². The highest BCUT2D eigenvalue weighted by Gasteiger charge is 2.31. The van der Waals surface area contributed by atoms with Gasteiger partial charge in [0.15, 0.2) is 12.0 Å². The van der Waals surface area contributed by atoms with Crippen LogP contribution in [0.3, 0.4) is 0 Å². The summed E-state index contributed by atoms with van der Waals surface area (Å²) in [5.41, 5.74) is -2.86. The second-order valence-corrected chi connectivity index (χ2v) is 6.17. The summed E-state index contributed by atoms with van der Waals surface area (Å²) in [6.07, 6.45) is 2.87. The van der Waals surface area contributed by atoms with E-state index >= 15 is 0 Å². The van der Waals surface area contributed by atoms with Gasteiger partial charge in [-0.25, -0.2) is 0 Å². The lowest BCUT2D eigenvalue weighted by molar-refractivity contribution is -0.0369. The average molecular weight is 344 g/mol. The summed E-state index contributed by atoms with van der Waals surface area (Å²) in [5, 5.41) is 10.3. The van der Waals surface area contributed by atoms with Crippen molar-refractivity contribution >= 4 is 28.6 Å². The second-order valence-electron chi connectivity index (χ2n) is 5.38. The van der Waals surface area contributed by atoms with E-state index in [1.165, 1.54) is 6.07 Å². The third-order valence-corrected chi connectivity index (χ3v) is 4.17. The molecule has 1 N–H and O–H groups in total. The smallest absolute Gasteiger partial charge is 0.417 e. The Labute approximate surface area is 135 Å². The van der Waals surface area contributed by atoms with Crippen molar-refractivity contribution in [2.75, 3.05) is 18.0 Å². The van der Waals surface area contributed by atoms with E-state index in [9.17, 15) is 18.3 Å². The van der Waals surface area contributed by atoms with Gasteiger partial charge in [-0.05, 0) is 37.1 Å². The maximum absolute atomic E-state index is 12.2. The zero-order valence-electron chi connectivity index (χ0n) is 12.1. The van der Waals surface area contributed by atoms with Crippen LogP contribution >= 0.6 is 12.0 Å². The number of pyridine rings is 1. The fraction of sp³-hybridized carbons (Fsp3) is 0.400. The van der Waals surface area contributed by atoms with Crippen molar-refractivity contribution in [1.82, 2.24) is 4.98 Å². The first-order valence-electron chi connectivity index (χ1n) is 7.16. The number of hydrogen-bond acceptors (Lipinski definition) is 5. The molecule has 0 amide bonds. The molecular formula is C15H15F3N2O2S. The van der Waals surface area contributed by atoms with Crippen LogP contribution in [0.15, 0.2) is 30.5 Å². The molecule has 8 heteroatoms. The van der Waals surface area contributed by atoms with Crippen molar-refractivity contribution in [3.8, 4) is 5.75 Å². The maximum Gasteiger partial charge on any atom is 0.479 e. The first-order chi connectivity index (χ1) is 10.9. The van der Waals surface area contributed by atoms with Crippen molar-refractivity contribution in [2.24, 2.45) is 0 Å². The molecule has 1 aliphatic rings. The number of rotatable bonds is 3. The van der Waals surface area contributed by atoms with Crippen molar-refractivity contribution in [2.45, 2.75) is 24.5 Å². The van der Waals surface area contributed by atoms with Gasteiger partial charge in [0.05, 0.1) is 23.5 Å². The summed E-state index contributed by atoms with van der Waals surface area (Å²) in [7, 11) is 0. The SMILES string of the molecule is OC1CCN(c2cnc3ccc(OSC(F)(F)F)cc3c2)CC1. The fourth-order valence-electron chi connectivity index (χ4n) is 2.54. The summed E-state index contributed by atoms with van der Waals surface area (Å²) in [6.45, 7) is 1.46. The molecule has 0 aliphatic carbocycles. The number of alkyl halides is 3. The Hall–Kier alpha value is -1.67. The van der Waals surface area contributed by atoms with Gasteiger partial charge in [0.1, 0.15) is 5.75 Å². The van der Waals surface area contributed by atoms with Crippen LogP contribution in [0.25, 0.3) is 10.9 Å².